The van der Waals surface area contributed by atoms with E-state index in [2.05, 4.69) is 4.90 Å². The Morgan fingerprint density at radius 3 is 2.45 bits per heavy atom. The lowest BCUT2D eigenvalue weighted by molar-refractivity contribution is 0.0833. The zero-order valence-electron chi connectivity index (χ0n) is 12.3. The number of hydrogen-bond acceptors (Lipinski definition) is 4. The van der Waals surface area contributed by atoms with Crippen LogP contribution in [0.4, 0.5) is 10.7 Å². The van der Waals surface area contributed by atoms with Gasteiger partial charge >= 0.3 is 0 Å². The van der Waals surface area contributed by atoms with Crippen molar-refractivity contribution in [1.29, 1.82) is 0 Å². The standard InChI is InChI=1S/C15H23N3OS/c1-17(2)14(19)13-12(16)11(10-6-7-10)15(20-13)18-8-4-3-5-9-18/h10H,3-9,16H2,1-2H3. The summed E-state index contributed by atoms with van der Waals surface area (Å²) in [4.78, 5) is 17.1. The van der Waals surface area contributed by atoms with Gasteiger partial charge in [-0.1, -0.05) is 0 Å². The van der Waals surface area contributed by atoms with Crippen LogP contribution < -0.4 is 10.6 Å². The first-order chi connectivity index (χ1) is 9.59. The maximum atomic E-state index is 12.3. The normalized spacial score (nSPS) is 19.2. The molecule has 0 unspecified atom stereocenters. The largest absolute Gasteiger partial charge is 0.397 e. The third-order valence-corrected chi connectivity index (χ3v) is 5.46. The van der Waals surface area contributed by atoms with Crippen molar-refractivity contribution in [3.8, 4) is 0 Å². The van der Waals surface area contributed by atoms with Crippen molar-refractivity contribution >= 4 is 27.9 Å². The zero-order chi connectivity index (χ0) is 14.3. The second-order valence-corrected chi connectivity index (χ2v) is 7.08. The van der Waals surface area contributed by atoms with E-state index in [1.807, 2.05) is 0 Å². The predicted molar refractivity (Wildman–Crippen MR) is 84.8 cm³/mol. The lowest BCUT2D eigenvalue weighted by Gasteiger charge is -2.28. The van der Waals surface area contributed by atoms with Gasteiger partial charge in [-0.25, -0.2) is 0 Å². The molecule has 1 aliphatic heterocycles. The summed E-state index contributed by atoms with van der Waals surface area (Å²) in [6.07, 6.45) is 6.26. The Kier molecular flexibility index (Phi) is 3.63. The Bertz CT molecular complexity index is 513. The molecule has 110 valence electrons. The molecule has 4 nitrogen and oxygen atoms in total. The van der Waals surface area contributed by atoms with Crippen LogP contribution in [0.5, 0.6) is 0 Å². The molecule has 0 bridgehead atoms. The molecule has 0 spiro atoms. The van der Waals surface area contributed by atoms with E-state index in [-0.39, 0.29) is 5.91 Å². The summed E-state index contributed by atoms with van der Waals surface area (Å²) < 4.78 is 0. The molecule has 20 heavy (non-hydrogen) atoms. The fourth-order valence-corrected chi connectivity index (χ4v) is 4.29. The van der Waals surface area contributed by atoms with Crippen LogP contribution in [-0.4, -0.2) is 38.0 Å². The van der Waals surface area contributed by atoms with Crippen LogP contribution >= 0.6 is 11.3 Å². The topological polar surface area (TPSA) is 49.6 Å². The first-order valence-corrected chi connectivity index (χ1v) is 8.30. The number of amides is 1. The summed E-state index contributed by atoms with van der Waals surface area (Å²) in [6.45, 7) is 2.21. The highest BCUT2D eigenvalue weighted by Crippen LogP contribution is 2.52. The van der Waals surface area contributed by atoms with E-state index in [0.29, 0.717) is 5.92 Å². The van der Waals surface area contributed by atoms with Crippen molar-refractivity contribution in [2.45, 2.75) is 38.0 Å². The Balaban J connectivity index is 1.99. The number of hydrogen-bond donors (Lipinski definition) is 1. The Labute approximate surface area is 124 Å². The average Bonchev–Trinajstić information content (AvgIpc) is 3.22. The molecule has 2 heterocycles. The quantitative estimate of drug-likeness (QED) is 0.932. The molecule has 1 aromatic rings. The summed E-state index contributed by atoms with van der Waals surface area (Å²) in [5.74, 6) is 0.629. The third-order valence-electron chi connectivity index (χ3n) is 4.19. The molecule has 1 aromatic heterocycles. The van der Waals surface area contributed by atoms with Crippen molar-refractivity contribution in [2.24, 2.45) is 0 Å². The van der Waals surface area contributed by atoms with Crippen LogP contribution in [0, 0.1) is 0 Å². The number of anilines is 2. The van der Waals surface area contributed by atoms with Crippen molar-refractivity contribution in [3.63, 3.8) is 0 Å². The van der Waals surface area contributed by atoms with Gasteiger partial charge in [-0.3, -0.25) is 4.79 Å². The minimum Gasteiger partial charge on any atom is -0.397 e. The third kappa shape index (κ3) is 2.39. The second kappa shape index (κ2) is 5.28. The van der Waals surface area contributed by atoms with Gasteiger partial charge in [0.05, 0.1) is 10.7 Å². The van der Waals surface area contributed by atoms with Gasteiger partial charge in [-0.05, 0) is 38.0 Å². The maximum Gasteiger partial charge on any atom is 0.265 e. The number of rotatable bonds is 3. The number of thiophene rings is 1. The van der Waals surface area contributed by atoms with Gasteiger partial charge in [0.25, 0.3) is 5.91 Å². The monoisotopic (exact) mass is 293 g/mol. The van der Waals surface area contributed by atoms with Gasteiger partial charge in [-0.2, -0.15) is 0 Å². The van der Waals surface area contributed by atoms with Gasteiger partial charge in [0, 0.05) is 32.7 Å². The lowest BCUT2D eigenvalue weighted by atomic mass is 10.1. The number of nitrogens with zero attached hydrogens (tertiary/aromatic N) is 2. The zero-order valence-corrected chi connectivity index (χ0v) is 13.1. The van der Waals surface area contributed by atoms with E-state index in [9.17, 15) is 4.79 Å². The van der Waals surface area contributed by atoms with Gasteiger partial charge in [0.1, 0.15) is 4.88 Å². The molecule has 1 saturated carbocycles. The molecule has 5 heteroatoms. The molecule has 0 atom stereocenters. The summed E-state index contributed by atoms with van der Waals surface area (Å²) in [7, 11) is 3.58. The van der Waals surface area contributed by atoms with E-state index in [0.717, 1.165) is 23.7 Å². The number of carbonyl (C=O) groups is 1. The van der Waals surface area contributed by atoms with Gasteiger partial charge < -0.3 is 15.5 Å². The molecular formula is C15H23N3OS. The Morgan fingerprint density at radius 2 is 1.90 bits per heavy atom. The van der Waals surface area contributed by atoms with Crippen molar-refractivity contribution in [2.75, 3.05) is 37.8 Å². The van der Waals surface area contributed by atoms with Gasteiger partial charge in [-0.15, -0.1) is 11.3 Å². The van der Waals surface area contributed by atoms with Crippen LogP contribution in [0.3, 0.4) is 0 Å². The number of carbonyl (C=O) groups excluding carboxylic acids is 1. The van der Waals surface area contributed by atoms with Crippen molar-refractivity contribution in [3.05, 3.63) is 10.4 Å². The molecule has 0 aromatic carbocycles. The molecule has 3 rings (SSSR count). The summed E-state index contributed by atoms with van der Waals surface area (Å²) in [6, 6.07) is 0. The highest BCUT2D eigenvalue weighted by Gasteiger charge is 2.35. The first kappa shape index (κ1) is 13.7. The van der Waals surface area contributed by atoms with Gasteiger partial charge in [0.15, 0.2) is 0 Å². The second-order valence-electron chi connectivity index (χ2n) is 6.09. The Hall–Kier alpha value is -1.23. The molecular weight excluding hydrogens is 270 g/mol. The molecule has 0 radical (unpaired) electrons. The van der Waals surface area contributed by atoms with Crippen LogP contribution in [0.25, 0.3) is 0 Å². The summed E-state index contributed by atoms with van der Waals surface area (Å²) >= 11 is 1.61. The van der Waals surface area contributed by atoms with E-state index >= 15 is 0 Å². The minimum absolute atomic E-state index is 0.0395. The number of piperidine rings is 1. The number of nitrogens with two attached hydrogens (primary N) is 1. The van der Waals surface area contributed by atoms with E-state index in [4.69, 9.17) is 5.73 Å². The average molecular weight is 293 g/mol. The Morgan fingerprint density at radius 1 is 1.25 bits per heavy atom. The smallest absolute Gasteiger partial charge is 0.265 e. The van der Waals surface area contributed by atoms with Crippen molar-refractivity contribution in [1.82, 2.24) is 4.90 Å². The summed E-state index contributed by atoms with van der Waals surface area (Å²) in [5.41, 5.74) is 8.34. The predicted octanol–water partition coefficient (Wildman–Crippen LogP) is 2.90. The van der Waals surface area contributed by atoms with Gasteiger partial charge in [0.2, 0.25) is 0 Å². The first-order valence-electron chi connectivity index (χ1n) is 7.48. The lowest BCUT2D eigenvalue weighted by Crippen LogP contribution is -2.29. The molecule has 1 amide bonds. The SMILES string of the molecule is CN(C)C(=O)c1sc(N2CCCCC2)c(C2CC2)c1N. The molecule has 2 fully saturated rings. The minimum atomic E-state index is 0.0395. The fourth-order valence-electron chi connectivity index (χ4n) is 2.90. The van der Waals surface area contributed by atoms with Crippen LogP contribution in [-0.2, 0) is 0 Å². The highest BCUT2D eigenvalue weighted by molar-refractivity contribution is 7.18. The van der Waals surface area contributed by atoms with E-state index in [1.54, 1.807) is 30.3 Å². The fraction of sp³-hybridized carbons (Fsp3) is 0.667. The maximum absolute atomic E-state index is 12.3. The highest BCUT2D eigenvalue weighted by atomic mass is 32.1. The van der Waals surface area contributed by atoms with Crippen molar-refractivity contribution < 1.29 is 4.79 Å². The summed E-state index contributed by atoms with van der Waals surface area (Å²) in [5, 5.41) is 1.27. The molecule has 1 saturated heterocycles. The molecule has 2 N–H and O–H groups in total. The molecule has 2 aliphatic rings. The van der Waals surface area contributed by atoms with E-state index in [1.165, 1.54) is 42.7 Å². The van der Waals surface area contributed by atoms with E-state index < -0.39 is 0 Å². The van der Waals surface area contributed by atoms with Crippen LogP contribution in [0.1, 0.15) is 53.3 Å². The van der Waals surface area contributed by atoms with Crippen LogP contribution in [0.15, 0.2) is 0 Å². The number of nitrogen functional groups attached to an aromatic ring is 1. The van der Waals surface area contributed by atoms with Crippen LogP contribution in [0.2, 0.25) is 0 Å². The molecule has 1 aliphatic carbocycles.